The van der Waals surface area contributed by atoms with Gasteiger partial charge in [0.2, 0.25) is 0 Å². The molecule has 2 unspecified atom stereocenters. The van der Waals surface area contributed by atoms with Crippen molar-refractivity contribution in [3.63, 3.8) is 0 Å². The van der Waals surface area contributed by atoms with Crippen molar-refractivity contribution in [3.05, 3.63) is 15.9 Å². The summed E-state index contributed by atoms with van der Waals surface area (Å²) in [6, 6.07) is 1.92. The normalized spacial score (nSPS) is 25.6. The van der Waals surface area contributed by atoms with E-state index in [4.69, 9.17) is 0 Å². The van der Waals surface area contributed by atoms with Crippen LogP contribution in [0.2, 0.25) is 0 Å². The van der Waals surface area contributed by atoms with E-state index >= 15 is 0 Å². The SMILES string of the molecule is CC1CCCCC1N(C)S(=O)(=O)c1sccc1Br. The second kappa shape index (κ2) is 5.61. The van der Waals surface area contributed by atoms with Crippen LogP contribution in [0.25, 0.3) is 0 Å². The van der Waals surface area contributed by atoms with E-state index in [-0.39, 0.29) is 6.04 Å². The zero-order valence-electron chi connectivity index (χ0n) is 10.6. The summed E-state index contributed by atoms with van der Waals surface area (Å²) in [5.74, 6) is 0.442. The molecule has 0 aromatic carbocycles. The standard InChI is InChI=1S/C12H18BrNO2S2/c1-9-5-3-4-6-11(9)14(2)18(15,16)12-10(13)7-8-17-12/h7-9,11H,3-6H2,1-2H3. The maximum absolute atomic E-state index is 12.6. The molecule has 1 aliphatic rings. The van der Waals surface area contributed by atoms with E-state index in [9.17, 15) is 8.42 Å². The Labute approximate surface area is 121 Å². The first-order chi connectivity index (χ1) is 8.44. The lowest BCUT2D eigenvalue weighted by Gasteiger charge is -2.35. The predicted octanol–water partition coefficient (Wildman–Crippen LogP) is 3.71. The molecule has 1 aromatic rings. The molecule has 0 spiro atoms. The van der Waals surface area contributed by atoms with E-state index < -0.39 is 10.0 Å². The molecule has 0 N–H and O–H groups in total. The van der Waals surface area contributed by atoms with Crippen LogP contribution >= 0.6 is 27.3 Å². The minimum absolute atomic E-state index is 0.137. The minimum Gasteiger partial charge on any atom is -0.206 e. The largest absolute Gasteiger partial charge is 0.253 e. The Morgan fingerprint density at radius 1 is 1.39 bits per heavy atom. The van der Waals surface area contributed by atoms with Gasteiger partial charge >= 0.3 is 0 Å². The van der Waals surface area contributed by atoms with Crippen molar-refractivity contribution in [1.82, 2.24) is 4.31 Å². The number of nitrogens with zero attached hydrogens (tertiary/aromatic N) is 1. The molecule has 3 nitrogen and oxygen atoms in total. The molecule has 6 heteroatoms. The second-order valence-electron chi connectivity index (χ2n) is 4.91. The van der Waals surface area contributed by atoms with Crippen LogP contribution in [0.1, 0.15) is 32.6 Å². The van der Waals surface area contributed by atoms with Gasteiger partial charge in [-0.3, -0.25) is 0 Å². The molecular formula is C12H18BrNO2S2. The van der Waals surface area contributed by atoms with Crippen LogP contribution in [0, 0.1) is 5.92 Å². The molecule has 18 heavy (non-hydrogen) atoms. The quantitative estimate of drug-likeness (QED) is 0.832. The summed E-state index contributed by atoms with van der Waals surface area (Å²) >= 11 is 4.59. The first-order valence-electron chi connectivity index (χ1n) is 6.15. The van der Waals surface area contributed by atoms with Gasteiger partial charge in [-0.25, -0.2) is 8.42 Å². The summed E-state index contributed by atoms with van der Waals surface area (Å²) in [4.78, 5) is 0. The van der Waals surface area contributed by atoms with Gasteiger partial charge in [-0.2, -0.15) is 4.31 Å². The van der Waals surface area contributed by atoms with Crippen molar-refractivity contribution in [3.8, 4) is 0 Å². The Morgan fingerprint density at radius 2 is 2.06 bits per heavy atom. The first kappa shape index (κ1) is 14.5. The van der Waals surface area contributed by atoms with Crippen LogP contribution in [0.15, 0.2) is 20.1 Å². The van der Waals surface area contributed by atoms with E-state index in [2.05, 4.69) is 22.9 Å². The van der Waals surface area contributed by atoms with Crippen LogP contribution in [0.4, 0.5) is 0 Å². The Morgan fingerprint density at radius 3 is 2.61 bits per heavy atom. The minimum atomic E-state index is -3.35. The Kier molecular flexibility index (Phi) is 4.52. The second-order valence-corrected chi connectivity index (χ2v) is 8.87. The lowest BCUT2D eigenvalue weighted by Crippen LogP contribution is -2.42. The summed E-state index contributed by atoms with van der Waals surface area (Å²) < 4.78 is 27.8. The molecule has 2 atom stereocenters. The van der Waals surface area contributed by atoms with Gasteiger partial charge in [-0.15, -0.1) is 11.3 Å². The summed E-state index contributed by atoms with van der Waals surface area (Å²) in [5, 5.41) is 1.80. The van der Waals surface area contributed by atoms with Crippen molar-refractivity contribution < 1.29 is 8.42 Å². The molecule has 0 aliphatic heterocycles. The third-order valence-electron chi connectivity index (χ3n) is 3.73. The first-order valence-corrected chi connectivity index (χ1v) is 9.27. The van der Waals surface area contributed by atoms with Gasteiger partial charge < -0.3 is 0 Å². The number of halogens is 1. The van der Waals surface area contributed by atoms with Crippen LogP contribution in [-0.4, -0.2) is 25.8 Å². The van der Waals surface area contributed by atoms with E-state index in [1.807, 2.05) is 0 Å². The third kappa shape index (κ3) is 2.66. The van der Waals surface area contributed by atoms with Gasteiger partial charge in [0.15, 0.2) is 0 Å². The van der Waals surface area contributed by atoms with Crippen LogP contribution in [0.5, 0.6) is 0 Å². The molecule has 1 aromatic heterocycles. The maximum atomic E-state index is 12.6. The van der Waals surface area contributed by atoms with Gasteiger partial charge in [0, 0.05) is 17.6 Å². The smallest absolute Gasteiger partial charge is 0.206 e. The maximum Gasteiger partial charge on any atom is 0.253 e. The molecule has 2 rings (SSSR count). The number of hydrogen-bond acceptors (Lipinski definition) is 3. The Bertz CT molecular complexity index is 512. The molecule has 0 amide bonds. The summed E-state index contributed by atoms with van der Waals surface area (Å²) in [6.07, 6.45) is 4.44. The fourth-order valence-electron chi connectivity index (χ4n) is 2.61. The van der Waals surface area contributed by atoms with E-state index in [0.717, 1.165) is 19.3 Å². The molecule has 102 valence electrons. The third-order valence-corrected chi connectivity index (χ3v) is 8.26. The molecule has 0 bridgehead atoms. The molecule has 1 fully saturated rings. The molecule has 1 aliphatic carbocycles. The molecular weight excluding hydrogens is 334 g/mol. The number of sulfonamides is 1. The monoisotopic (exact) mass is 351 g/mol. The molecule has 0 saturated heterocycles. The molecule has 1 heterocycles. The zero-order chi connectivity index (χ0) is 13.3. The number of hydrogen-bond donors (Lipinski definition) is 0. The highest BCUT2D eigenvalue weighted by molar-refractivity contribution is 9.10. The van der Waals surface area contributed by atoms with Crippen molar-refractivity contribution in [2.45, 2.75) is 42.9 Å². The highest BCUT2D eigenvalue weighted by Gasteiger charge is 2.34. The topological polar surface area (TPSA) is 37.4 Å². The van der Waals surface area contributed by atoms with Gasteiger partial charge in [-0.1, -0.05) is 19.8 Å². The Balaban J connectivity index is 2.27. The lowest BCUT2D eigenvalue weighted by molar-refractivity contribution is 0.213. The Hall–Kier alpha value is 0.0900. The highest BCUT2D eigenvalue weighted by atomic mass is 79.9. The van der Waals surface area contributed by atoms with Crippen molar-refractivity contribution >= 4 is 37.3 Å². The fraction of sp³-hybridized carbons (Fsp3) is 0.667. The van der Waals surface area contributed by atoms with Gasteiger partial charge in [0.25, 0.3) is 10.0 Å². The van der Waals surface area contributed by atoms with E-state index in [1.165, 1.54) is 17.8 Å². The number of rotatable bonds is 3. The number of thiophene rings is 1. The highest BCUT2D eigenvalue weighted by Crippen LogP contribution is 2.34. The van der Waals surface area contributed by atoms with Crippen molar-refractivity contribution in [1.29, 1.82) is 0 Å². The lowest BCUT2D eigenvalue weighted by atomic mass is 9.86. The average molecular weight is 352 g/mol. The van der Waals surface area contributed by atoms with Crippen LogP contribution < -0.4 is 0 Å². The average Bonchev–Trinajstić information content (AvgIpc) is 2.76. The summed E-state index contributed by atoms with van der Waals surface area (Å²) in [5.41, 5.74) is 0. The van der Waals surface area contributed by atoms with Gasteiger partial charge in [-0.05, 0) is 46.1 Å². The van der Waals surface area contributed by atoms with Gasteiger partial charge in [0.05, 0.1) is 0 Å². The fourth-order valence-corrected chi connectivity index (χ4v) is 6.57. The van der Waals surface area contributed by atoms with Crippen LogP contribution in [-0.2, 0) is 10.0 Å². The summed E-state index contributed by atoms with van der Waals surface area (Å²) in [6.45, 7) is 2.15. The van der Waals surface area contributed by atoms with E-state index in [0.29, 0.717) is 14.6 Å². The molecule has 0 radical (unpaired) electrons. The van der Waals surface area contributed by atoms with Crippen LogP contribution in [0.3, 0.4) is 0 Å². The molecule has 1 saturated carbocycles. The zero-order valence-corrected chi connectivity index (χ0v) is 13.8. The van der Waals surface area contributed by atoms with Gasteiger partial charge in [0.1, 0.15) is 4.21 Å². The predicted molar refractivity (Wildman–Crippen MR) is 78.4 cm³/mol. The van der Waals surface area contributed by atoms with Crippen molar-refractivity contribution in [2.75, 3.05) is 7.05 Å². The van der Waals surface area contributed by atoms with Crippen molar-refractivity contribution in [2.24, 2.45) is 5.92 Å². The summed E-state index contributed by atoms with van der Waals surface area (Å²) in [7, 11) is -1.64. The van der Waals surface area contributed by atoms with E-state index in [1.54, 1.807) is 22.8 Å².